The van der Waals surface area contributed by atoms with Gasteiger partial charge in [0.15, 0.2) is 0 Å². The van der Waals surface area contributed by atoms with Gasteiger partial charge in [-0.3, -0.25) is 4.98 Å². The van der Waals surface area contributed by atoms with Gasteiger partial charge in [-0.05, 0) is 66.7 Å². The molecule has 0 spiro atoms. The number of allylic oxidation sites excluding steroid dienone is 2. The Balaban J connectivity index is 1.68. The molecular weight excluding hydrogens is 467 g/mol. The first-order valence-corrected chi connectivity index (χ1v) is 11.2. The summed E-state index contributed by atoms with van der Waals surface area (Å²) in [5.41, 5.74) is 3.63. The number of halogens is 4. The summed E-state index contributed by atoms with van der Waals surface area (Å²) in [5.74, 6) is -3.73. The van der Waals surface area contributed by atoms with Crippen molar-refractivity contribution in [2.75, 3.05) is 0 Å². The molecule has 1 aliphatic carbocycles. The first-order chi connectivity index (χ1) is 16.3. The summed E-state index contributed by atoms with van der Waals surface area (Å²) in [4.78, 5) is 16.0. The van der Waals surface area contributed by atoms with Crippen molar-refractivity contribution in [3.05, 3.63) is 93.0 Å². The molecule has 3 aromatic rings. The average Bonchev–Trinajstić information content (AvgIpc) is 3.28. The van der Waals surface area contributed by atoms with Crippen LogP contribution in [0.25, 0.3) is 11.1 Å². The van der Waals surface area contributed by atoms with Crippen LogP contribution in [0.1, 0.15) is 58.9 Å². The van der Waals surface area contributed by atoms with Crippen molar-refractivity contribution < 1.29 is 27.8 Å². The summed E-state index contributed by atoms with van der Waals surface area (Å²) in [6, 6.07) is 7.76. The first kappa shape index (κ1) is 23.8. The van der Waals surface area contributed by atoms with Gasteiger partial charge in [-0.15, -0.1) is 0 Å². The minimum Gasteiger partial charge on any atom is -0.489 e. The monoisotopic (exact) mass is 487 g/mol. The molecule has 0 aliphatic heterocycles. The third-order valence-corrected chi connectivity index (χ3v) is 6.18. The molecular formula is C26H21ClF3NO3. The zero-order chi connectivity index (χ0) is 24.4. The highest BCUT2D eigenvalue weighted by Crippen LogP contribution is 2.43. The Hall–Kier alpha value is -3.32. The van der Waals surface area contributed by atoms with Crippen LogP contribution in [-0.2, 0) is 13.0 Å². The lowest BCUT2D eigenvalue weighted by molar-refractivity contribution is 0.0695. The molecule has 8 heteroatoms. The lowest BCUT2D eigenvalue weighted by Gasteiger charge is -2.14. The van der Waals surface area contributed by atoms with Crippen molar-refractivity contribution in [3.63, 3.8) is 0 Å². The molecule has 0 fully saturated rings. The van der Waals surface area contributed by atoms with Crippen LogP contribution in [0.3, 0.4) is 0 Å². The molecule has 1 heterocycles. The average molecular weight is 488 g/mol. The lowest BCUT2D eigenvalue weighted by Crippen LogP contribution is -2.05. The molecule has 0 atom stereocenters. The smallest absolute Gasteiger partial charge is 0.337 e. The van der Waals surface area contributed by atoms with Gasteiger partial charge >= 0.3 is 5.97 Å². The fourth-order valence-electron chi connectivity index (χ4n) is 4.18. The summed E-state index contributed by atoms with van der Waals surface area (Å²) < 4.78 is 46.6. The molecule has 0 radical (unpaired) electrons. The third-order valence-electron chi connectivity index (χ3n) is 5.85. The van der Waals surface area contributed by atoms with E-state index in [1.54, 1.807) is 30.5 Å². The van der Waals surface area contributed by atoms with E-state index in [1.807, 2.05) is 6.92 Å². The summed E-state index contributed by atoms with van der Waals surface area (Å²) in [6.07, 6.45) is 4.50. The van der Waals surface area contributed by atoms with Crippen molar-refractivity contribution in [1.82, 2.24) is 4.98 Å². The van der Waals surface area contributed by atoms with Gasteiger partial charge in [0.2, 0.25) is 0 Å². The Kier molecular flexibility index (Phi) is 6.93. The van der Waals surface area contributed by atoms with Gasteiger partial charge in [0, 0.05) is 28.9 Å². The van der Waals surface area contributed by atoms with Crippen LogP contribution >= 0.6 is 11.6 Å². The van der Waals surface area contributed by atoms with Crippen molar-refractivity contribution >= 4 is 28.7 Å². The second kappa shape index (κ2) is 9.89. The fraction of sp³-hybridized carbons (Fsp3) is 0.231. The van der Waals surface area contributed by atoms with E-state index < -0.39 is 30.0 Å². The Morgan fingerprint density at radius 1 is 1.09 bits per heavy atom. The maximum atomic E-state index is 13.9. The third kappa shape index (κ3) is 4.80. The van der Waals surface area contributed by atoms with Gasteiger partial charge < -0.3 is 9.84 Å². The molecule has 1 N–H and O–H groups in total. The number of pyridine rings is 1. The molecule has 4 nitrogen and oxygen atoms in total. The molecule has 0 saturated heterocycles. The second-order valence-corrected chi connectivity index (χ2v) is 8.37. The van der Waals surface area contributed by atoms with Crippen molar-refractivity contribution in [2.45, 2.75) is 39.2 Å². The van der Waals surface area contributed by atoms with Gasteiger partial charge in [-0.1, -0.05) is 18.5 Å². The van der Waals surface area contributed by atoms with E-state index in [0.717, 1.165) is 36.0 Å². The lowest BCUT2D eigenvalue weighted by atomic mass is 9.96. The van der Waals surface area contributed by atoms with Crippen LogP contribution in [-0.4, -0.2) is 16.1 Å². The highest BCUT2D eigenvalue weighted by molar-refractivity contribution is 6.32. The Labute approximate surface area is 199 Å². The summed E-state index contributed by atoms with van der Waals surface area (Å²) in [6.45, 7) is 1.43. The van der Waals surface area contributed by atoms with E-state index in [0.29, 0.717) is 40.6 Å². The molecule has 0 unspecified atom stereocenters. The quantitative estimate of drug-likeness (QED) is 0.386. The van der Waals surface area contributed by atoms with E-state index in [9.17, 15) is 23.1 Å². The second-order valence-electron chi connectivity index (χ2n) is 7.97. The number of benzene rings is 2. The fourth-order valence-corrected chi connectivity index (χ4v) is 4.41. The Morgan fingerprint density at radius 3 is 2.47 bits per heavy atom. The van der Waals surface area contributed by atoms with E-state index in [-0.39, 0.29) is 11.1 Å². The van der Waals surface area contributed by atoms with E-state index in [4.69, 9.17) is 16.3 Å². The van der Waals surface area contributed by atoms with E-state index in [2.05, 4.69) is 4.98 Å². The summed E-state index contributed by atoms with van der Waals surface area (Å²) >= 11 is 6.48. The highest BCUT2D eigenvalue weighted by Gasteiger charge is 2.22. The number of nitrogens with zero attached hydrogens (tertiary/aromatic N) is 1. The number of aryl methyl sites for hydroxylation is 1. The van der Waals surface area contributed by atoms with E-state index >= 15 is 0 Å². The molecule has 4 rings (SSSR count). The minimum atomic E-state index is -1.03. The number of hydrogen-bond donors (Lipinski definition) is 1. The number of hydrogen-bond acceptors (Lipinski definition) is 3. The standard InChI is InChI=1S/C26H21ClF3NO3/c1-2-25-20(26(32)33)8-14(12-31-25)17-4-3-5-18(17)19-11-16(6-7-22(19)27)34-13-21-23(29)9-15(28)10-24(21)30/h6-12H,2-5,13H2,1H3,(H,32,33). The number of rotatable bonds is 7. The molecule has 176 valence electrons. The van der Waals surface area contributed by atoms with Gasteiger partial charge in [0.05, 0.1) is 16.8 Å². The zero-order valence-electron chi connectivity index (χ0n) is 18.3. The summed E-state index contributed by atoms with van der Waals surface area (Å²) in [5, 5.41) is 10.0. The SMILES string of the molecule is CCc1ncc(C2=C(c3cc(OCc4c(F)cc(F)cc4F)ccc3Cl)CCC2)cc1C(=O)O. The number of carboxylic acid groups (broad SMARTS) is 1. The number of aromatic nitrogens is 1. The summed E-state index contributed by atoms with van der Waals surface area (Å²) in [7, 11) is 0. The number of ether oxygens (including phenoxy) is 1. The van der Waals surface area contributed by atoms with Crippen molar-refractivity contribution in [1.29, 1.82) is 0 Å². The van der Waals surface area contributed by atoms with Crippen molar-refractivity contribution in [3.8, 4) is 5.75 Å². The Bertz CT molecular complexity index is 1280. The number of aromatic carboxylic acids is 1. The van der Waals surface area contributed by atoms with Crippen LogP contribution in [0.15, 0.2) is 42.6 Å². The van der Waals surface area contributed by atoms with Crippen LogP contribution in [0.2, 0.25) is 5.02 Å². The topological polar surface area (TPSA) is 59.4 Å². The van der Waals surface area contributed by atoms with Gasteiger partial charge in [-0.25, -0.2) is 18.0 Å². The molecule has 0 amide bonds. The first-order valence-electron chi connectivity index (χ1n) is 10.8. The minimum absolute atomic E-state index is 0.172. The number of carbonyl (C=O) groups is 1. The largest absolute Gasteiger partial charge is 0.489 e. The maximum Gasteiger partial charge on any atom is 0.337 e. The van der Waals surface area contributed by atoms with Crippen LogP contribution in [0, 0.1) is 17.5 Å². The molecule has 0 saturated carbocycles. The van der Waals surface area contributed by atoms with Crippen LogP contribution in [0.4, 0.5) is 13.2 Å². The predicted octanol–water partition coefficient (Wildman–Crippen LogP) is 7.09. The molecule has 0 bridgehead atoms. The molecule has 1 aromatic heterocycles. The normalized spacial score (nSPS) is 13.4. The zero-order valence-corrected chi connectivity index (χ0v) is 19.1. The number of carboxylic acids is 1. The Morgan fingerprint density at radius 2 is 1.79 bits per heavy atom. The van der Waals surface area contributed by atoms with E-state index in [1.165, 1.54) is 0 Å². The van der Waals surface area contributed by atoms with Crippen LogP contribution in [0.5, 0.6) is 5.75 Å². The van der Waals surface area contributed by atoms with Gasteiger partial charge in [0.25, 0.3) is 0 Å². The predicted molar refractivity (Wildman–Crippen MR) is 123 cm³/mol. The maximum absolute atomic E-state index is 13.9. The molecule has 34 heavy (non-hydrogen) atoms. The van der Waals surface area contributed by atoms with Gasteiger partial charge in [0.1, 0.15) is 29.8 Å². The van der Waals surface area contributed by atoms with Crippen LogP contribution < -0.4 is 4.74 Å². The molecule has 1 aliphatic rings. The van der Waals surface area contributed by atoms with Crippen molar-refractivity contribution in [2.24, 2.45) is 0 Å². The highest BCUT2D eigenvalue weighted by atomic mass is 35.5. The van der Waals surface area contributed by atoms with Gasteiger partial charge in [-0.2, -0.15) is 0 Å². The molecule has 2 aromatic carbocycles.